The predicted molar refractivity (Wildman–Crippen MR) is 74.0 cm³/mol. The van der Waals surface area contributed by atoms with Crippen LogP contribution in [0.5, 0.6) is 0 Å². The molecule has 2 N–H and O–H groups in total. The van der Waals surface area contributed by atoms with Crippen molar-refractivity contribution in [3.8, 4) is 0 Å². The molecule has 102 valence electrons. The van der Waals surface area contributed by atoms with Crippen molar-refractivity contribution in [1.82, 2.24) is 5.32 Å². The van der Waals surface area contributed by atoms with Gasteiger partial charge in [0.15, 0.2) is 0 Å². The molecule has 0 aromatic carbocycles. The van der Waals surface area contributed by atoms with Crippen LogP contribution in [0.15, 0.2) is 0 Å². The van der Waals surface area contributed by atoms with Gasteiger partial charge in [0, 0.05) is 12.6 Å². The Kier molecular flexibility index (Phi) is 5.46. The summed E-state index contributed by atoms with van der Waals surface area (Å²) in [4.78, 5) is 0. The van der Waals surface area contributed by atoms with Gasteiger partial charge >= 0.3 is 0 Å². The minimum absolute atomic E-state index is 0.551. The molecule has 1 rings (SSSR count). The monoisotopic (exact) mass is 241 g/mol. The van der Waals surface area contributed by atoms with Crippen LogP contribution in [0, 0.1) is 17.8 Å². The molecule has 4 unspecified atom stereocenters. The summed E-state index contributed by atoms with van der Waals surface area (Å²) in [5.74, 6) is 2.17. The lowest BCUT2D eigenvalue weighted by Gasteiger charge is -2.36. The van der Waals surface area contributed by atoms with E-state index in [4.69, 9.17) is 0 Å². The molecule has 1 aliphatic carbocycles. The van der Waals surface area contributed by atoms with Gasteiger partial charge in [-0.2, -0.15) is 0 Å². The molecule has 0 spiro atoms. The Hall–Kier alpha value is -0.0800. The quantitative estimate of drug-likeness (QED) is 0.775. The lowest BCUT2D eigenvalue weighted by molar-refractivity contribution is 0.0314. The summed E-state index contributed by atoms with van der Waals surface area (Å²) in [5, 5.41) is 13.9. The normalized spacial score (nSPS) is 33.7. The van der Waals surface area contributed by atoms with Crippen molar-refractivity contribution in [2.75, 3.05) is 6.54 Å². The van der Waals surface area contributed by atoms with Crippen LogP contribution in [0.1, 0.15) is 60.3 Å². The Morgan fingerprint density at radius 3 is 2.47 bits per heavy atom. The van der Waals surface area contributed by atoms with Gasteiger partial charge in [0.25, 0.3) is 0 Å². The minimum Gasteiger partial charge on any atom is -0.389 e. The zero-order valence-electron chi connectivity index (χ0n) is 12.3. The molecule has 1 aliphatic rings. The second kappa shape index (κ2) is 6.19. The van der Waals surface area contributed by atoms with E-state index in [2.05, 4.69) is 33.0 Å². The Balaban J connectivity index is 2.34. The van der Waals surface area contributed by atoms with Crippen molar-refractivity contribution >= 4 is 0 Å². The highest BCUT2D eigenvalue weighted by molar-refractivity contribution is 4.85. The maximum Gasteiger partial charge on any atom is 0.0746 e. The second-order valence-corrected chi connectivity index (χ2v) is 6.98. The lowest BCUT2D eigenvalue weighted by Crippen LogP contribution is -2.47. The van der Waals surface area contributed by atoms with Crippen LogP contribution in [0.25, 0.3) is 0 Å². The smallest absolute Gasteiger partial charge is 0.0746 e. The van der Waals surface area contributed by atoms with Crippen molar-refractivity contribution in [3.05, 3.63) is 0 Å². The Labute approximate surface area is 107 Å². The lowest BCUT2D eigenvalue weighted by atomic mass is 9.79. The Morgan fingerprint density at radius 1 is 1.29 bits per heavy atom. The van der Waals surface area contributed by atoms with E-state index < -0.39 is 5.60 Å². The van der Waals surface area contributed by atoms with E-state index in [0.29, 0.717) is 12.0 Å². The highest BCUT2D eigenvalue weighted by Crippen LogP contribution is 2.29. The van der Waals surface area contributed by atoms with Crippen LogP contribution in [0.4, 0.5) is 0 Å². The highest BCUT2D eigenvalue weighted by Gasteiger charge is 2.28. The van der Waals surface area contributed by atoms with Crippen LogP contribution in [-0.2, 0) is 0 Å². The van der Waals surface area contributed by atoms with E-state index in [1.807, 2.05) is 6.92 Å². The van der Waals surface area contributed by atoms with Crippen LogP contribution in [0.3, 0.4) is 0 Å². The average molecular weight is 241 g/mol. The van der Waals surface area contributed by atoms with Crippen LogP contribution in [-0.4, -0.2) is 23.3 Å². The fraction of sp³-hybridized carbons (Fsp3) is 1.00. The molecule has 1 fully saturated rings. The van der Waals surface area contributed by atoms with Gasteiger partial charge in [0.05, 0.1) is 5.60 Å². The van der Waals surface area contributed by atoms with Gasteiger partial charge in [-0.25, -0.2) is 0 Å². The molecule has 0 bridgehead atoms. The van der Waals surface area contributed by atoms with Gasteiger partial charge in [-0.1, -0.05) is 27.7 Å². The van der Waals surface area contributed by atoms with Crippen molar-refractivity contribution in [2.24, 2.45) is 17.8 Å². The van der Waals surface area contributed by atoms with Crippen molar-refractivity contribution in [2.45, 2.75) is 71.9 Å². The molecule has 0 radical (unpaired) electrons. The second-order valence-electron chi connectivity index (χ2n) is 6.98. The first-order valence-corrected chi connectivity index (χ1v) is 7.26. The standard InChI is InChI=1S/C15H31NO/c1-11(2)9-15(5,17)10-16-14-7-6-12(3)8-13(14)4/h11-14,16-17H,6-10H2,1-5H3. The fourth-order valence-corrected chi connectivity index (χ4v) is 3.27. The number of aliphatic hydroxyl groups is 1. The van der Waals surface area contributed by atoms with E-state index in [1.54, 1.807) is 0 Å². The molecule has 2 nitrogen and oxygen atoms in total. The summed E-state index contributed by atoms with van der Waals surface area (Å²) in [7, 11) is 0. The minimum atomic E-state index is -0.559. The first kappa shape index (κ1) is 15.0. The van der Waals surface area contributed by atoms with Gasteiger partial charge in [-0.3, -0.25) is 0 Å². The summed E-state index contributed by atoms with van der Waals surface area (Å²) < 4.78 is 0. The third-order valence-corrected chi connectivity index (χ3v) is 4.02. The molecule has 0 heterocycles. The summed E-state index contributed by atoms with van der Waals surface area (Å²) in [6.07, 6.45) is 4.79. The van der Waals surface area contributed by atoms with E-state index in [-0.39, 0.29) is 0 Å². The van der Waals surface area contributed by atoms with Gasteiger partial charge in [-0.05, 0) is 50.4 Å². The molecule has 0 saturated heterocycles. The molecule has 4 atom stereocenters. The maximum absolute atomic E-state index is 10.3. The van der Waals surface area contributed by atoms with Crippen LogP contribution >= 0.6 is 0 Å². The molecular formula is C15H31NO. The number of nitrogens with one attached hydrogen (secondary N) is 1. The zero-order valence-corrected chi connectivity index (χ0v) is 12.3. The number of hydrogen-bond acceptors (Lipinski definition) is 2. The zero-order chi connectivity index (χ0) is 13.1. The van der Waals surface area contributed by atoms with Crippen molar-refractivity contribution in [3.63, 3.8) is 0 Å². The summed E-state index contributed by atoms with van der Waals surface area (Å²) >= 11 is 0. The fourth-order valence-electron chi connectivity index (χ4n) is 3.27. The van der Waals surface area contributed by atoms with Gasteiger partial charge < -0.3 is 10.4 Å². The summed E-state index contributed by atoms with van der Waals surface area (Å²) in [5.41, 5.74) is -0.559. The number of rotatable bonds is 5. The van der Waals surface area contributed by atoms with Crippen molar-refractivity contribution in [1.29, 1.82) is 0 Å². The molecule has 0 aromatic heterocycles. The van der Waals surface area contributed by atoms with E-state index in [9.17, 15) is 5.11 Å². The van der Waals surface area contributed by atoms with Gasteiger partial charge in [0.2, 0.25) is 0 Å². The molecule has 0 amide bonds. The first-order valence-electron chi connectivity index (χ1n) is 7.26. The molecule has 17 heavy (non-hydrogen) atoms. The third kappa shape index (κ3) is 5.39. The van der Waals surface area contributed by atoms with E-state index >= 15 is 0 Å². The van der Waals surface area contributed by atoms with Crippen molar-refractivity contribution < 1.29 is 5.11 Å². The largest absolute Gasteiger partial charge is 0.389 e. The van der Waals surface area contributed by atoms with E-state index in [1.165, 1.54) is 19.3 Å². The summed E-state index contributed by atoms with van der Waals surface area (Å²) in [6, 6.07) is 0.602. The maximum atomic E-state index is 10.3. The van der Waals surface area contributed by atoms with E-state index in [0.717, 1.165) is 24.8 Å². The SMILES string of the molecule is CC(C)CC(C)(O)CNC1CCC(C)CC1C. The molecule has 2 heteroatoms. The van der Waals surface area contributed by atoms with Gasteiger partial charge in [0.1, 0.15) is 0 Å². The molecule has 0 aromatic rings. The highest BCUT2D eigenvalue weighted by atomic mass is 16.3. The van der Waals surface area contributed by atoms with Crippen LogP contribution in [0.2, 0.25) is 0 Å². The molecule has 0 aliphatic heterocycles. The molecular weight excluding hydrogens is 210 g/mol. The van der Waals surface area contributed by atoms with Crippen LogP contribution < -0.4 is 5.32 Å². The topological polar surface area (TPSA) is 32.3 Å². The molecule has 1 saturated carbocycles. The Morgan fingerprint density at radius 2 is 1.94 bits per heavy atom. The number of hydrogen-bond donors (Lipinski definition) is 2. The third-order valence-electron chi connectivity index (χ3n) is 4.02. The average Bonchev–Trinajstić information content (AvgIpc) is 2.14. The summed E-state index contributed by atoms with van der Waals surface area (Å²) in [6.45, 7) is 11.7. The predicted octanol–water partition coefficient (Wildman–Crippen LogP) is 3.20. The van der Waals surface area contributed by atoms with Gasteiger partial charge in [-0.15, -0.1) is 0 Å². The Bertz CT molecular complexity index is 225. The first-order chi connectivity index (χ1) is 7.80.